The van der Waals surface area contributed by atoms with Crippen LogP contribution in [-0.4, -0.2) is 31.3 Å². The fourth-order valence-corrected chi connectivity index (χ4v) is 1.74. The average molecular weight is 252 g/mol. The van der Waals surface area contributed by atoms with Crippen LogP contribution in [0.2, 0.25) is 0 Å². The number of aromatic nitrogens is 1. The highest BCUT2D eigenvalue weighted by Crippen LogP contribution is 2.15. The number of rotatable bonds is 9. The molecule has 1 aromatic rings. The summed E-state index contributed by atoms with van der Waals surface area (Å²) < 4.78 is 10.3. The van der Waals surface area contributed by atoms with E-state index in [1.54, 1.807) is 7.11 Å². The molecule has 1 heterocycles. The molecule has 0 amide bonds. The van der Waals surface area contributed by atoms with E-state index in [4.69, 9.17) is 9.47 Å². The van der Waals surface area contributed by atoms with Crippen LogP contribution in [0.25, 0.3) is 0 Å². The number of methoxy groups -OCH3 is 1. The van der Waals surface area contributed by atoms with Crippen molar-refractivity contribution in [3.8, 4) is 5.88 Å². The number of pyridine rings is 1. The Morgan fingerprint density at radius 2 is 2.11 bits per heavy atom. The maximum absolute atomic E-state index is 5.42. The third-order valence-corrected chi connectivity index (χ3v) is 2.77. The summed E-state index contributed by atoms with van der Waals surface area (Å²) in [5.41, 5.74) is 1.05. The van der Waals surface area contributed by atoms with Gasteiger partial charge in [0, 0.05) is 19.2 Å². The first-order chi connectivity index (χ1) is 8.80. The van der Waals surface area contributed by atoms with Gasteiger partial charge in [0.1, 0.15) is 6.61 Å². The molecule has 1 rings (SSSR count). The summed E-state index contributed by atoms with van der Waals surface area (Å²) in [6.45, 7) is 5.51. The van der Waals surface area contributed by atoms with Gasteiger partial charge in [0.2, 0.25) is 5.88 Å². The van der Waals surface area contributed by atoms with E-state index in [0.29, 0.717) is 25.1 Å². The molecule has 1 N–H and O–H groups in total. The molecule has 4 nitrogen and oxygen atoms in total. The molecule has 4 heteroatoms. The molecule has 102 valence electrons. The summed E-state index contributed by atoms with van der Waals surface area (Å²) in [6, 6.07) is 4.42. The SMILES string of the molecule is CCCC(CC)Nc1ccc(OCCOC)nc1. The monoisotopic (exact) mass is 252 g/mol. The van der Waals surface area contributed by atoms with E-state index < -0.39 is 0 Å². The predicted octanol–water partition coefficient (Wildman–Crippen LogP) is 3.10. The summed E-state index contributed by atoms with van der Waals surface area (Å²) in [6.07, 6.45) is 5.32. The second-order valence-electron chi connectivity index (χ2n) is 4.26. The van der Waals surface area contributed by atoms with E-state index in [0.717, 1.165) is 12.1 Å². The molecular weight excluding hydrogens is 228 g/mol. The van der Waals surface area contributed by atoms with Gasteiger partial charge in [-0.05, 0) is 18.9 Å². The van der Waals surface area contributed by atoms with Crippen LogP contribution in [0.3, 0.4) is 0 Å². The Labute approximate surface area is 110 Å². The number of hydrogen-bond acceptors (Lipinski definition) is 4. The minimum absolute atomic E-state index is 0.525. The van der Waals surface area contributed by atoms with Gasteiger partial charge in [-0.25, -0.2) is 4.98 Å². The Morgan fingerprint density at radius 1 is 1.28 bits per heavy atom. The fourth-order valence-electron chi connectivity index (χ4n) is 1.74. The van der Waals surface area contributed by atoms with Crippen molar-refractivity contribution in [3.05, 3.63) is 18.3 Å². The molecule has 0 bridgehead atoms. The van der Waals surface area contributed by atoms with Crippen molar-refractivity contribution >= 4 is 5.69 Å². The first kappa shape index (κ1) is 14.8. The minimum atomic E-state index is 0.525. The van der Waals surface area contributed by atoms with E-state index in [1.807, 2.05) is 18.3 Å². The Hall–Kier alpha value is -1.29. The minimum Gasteiger partial charge on any atom is -0.475 e. The Balaban J connectivity index is 2.43. The van der Waals surface area contributed by atoms with E-state index in [-0.39, 0.29) is 0 Å². The molecule has 0 saturated carbocycles. The van der Waals surface area contributed by atoms with Gasteiger partial charge >= 0.3 is 0 Å². The third-order valence-electron chi connectivity index (χ3n) is 2.77. The highest BCUT2D eigenvalue weighted by atomic mass is 16.5. The molecule has 0 saturated heterocycles. The molecule has 0 aliphatic rings. The van der Waals surface area contributed by atoms with Gasteiger partial charge < -0.3 is 14.8 Å². The van der Waals surface area contributed by atoms with Crippen LogP contribution in [-0.2, 0) is 4.74 Å². The van der Waals surface area contributed by atoms with Gasteiger partial charge in [0.05, 0.1) is 18.5 Å². The second kappa shape index (κ2) is 8.75. The summed E-state index contributed by atoms with van der Waals surface area (Å²) in [7, 11) is 1.66. The first-order valence-corrected chi connectivity index (χ1v) is 6.64. The molecule has 1 atom stereocenters. The standard InChI is InChI=1S/C14H24N2O2/c1-4-6-12(5-2)16-13-7-8-14(15-11-13)18-10-9-17-3/h7-8,11-12,16H,4-6,9-10H2,1-3H3. The molecule has 1 aromatic heterocycles. The van der Waals surface area contributed by atoms with Crippen LogP contribution in [0.15, 0.2) is 18.3 Å². The van der Waals surface area contributed by atoms with Crippen molar-refractivity contribution in [1.29, 1.82) is 0 Å². The van der Waals surface area contributed by atoms with Gasteiger partial charge in [0.15, 0.2) is 0 Å². The maximum atomic E-state index is 5.42. The van der Waals surface area contributed by atoms with E-state index in [1.165, 1.54) is 12.8 Å². The van der Waals surface area contributed by atoms with Crippen molar-refractivity contribution in [2.24, 2.45) is 0 Å². The molecular formula is C14H24N2O2. The second-order valence-corrected chi connectivity index (χ2v) is 4.26. The lowest BCUT2D eigenvalue weighted by molar-refractivity contribution is 0.144. The molecule has 0 spiro atoms. The average Bonchev–Trinajstić information content (AvgIpc) is 2.40. The molecule has 1 unspecified atom stereocenters. The fraction of sp³-hybridized carbons (Fsp3) is 0.643. The quantitative estimate of drug-likeness (QED) is 0.686. The molecule has 0 fully saturated rings. The highest BCUT2D eigenvalue weighted by molar-refractivity contribution is 5.42. The normalized spacial score (nSPS) is 12.2. The van der Waals surface area contributed by atoms with Crippen LogP contribution in [0.5, 0.6) is 5.88 Å². The van der Waals surface area contributed by atoms with Crippen LogP contribution in [0.1, 0.15) is 33.1 Å². The zero-order valence-electron chi connectivity index (χ0n) is 11.6. The lowest BCUT2D eigenvalue weighted by Gasteiger charge is -2.17. The zero-order valence-corrected chi connectivity index (χ0v) is 11.6. The van der Waals surface area contributed by atoms with Crippen molar-refractivity contribution in [2.45, 2.75) is 39.2 Å². The summed E-state index contributed by atoms with van der Waals surface area (Å²) in [5, 5.41) is 3.48. The van der Waals surface area contributed by atoms with Crippen LogP contribution < -0.4 is 10.1 Å². The Kier molecular flexibility index (Phi) is 7.18. The van der Waals surface area contributed by atoms with E-state index in [9.17, 15) is 0 Å². The maximum Gasteiger partial charge on any atom is 0.213 e. The number of nitrogens with one attached hydrogen (secondary N) is 1. The van der Waals surface area contributed by atoms with Crippen molar-refractivity contribution in [2.75, 3.05) is 25.6 Å². The van der Waals surface area contributed by atoms with E-state index >= 15 is 0 Å². The molecule has 0 radical (unpaired) electrons. The van der Waals surface area contributed by atoms with Crippen LogP contribution in [0.4, 0.5) is 5.69 Å². The molecule has 18 heavy (non-hydrogen) atoms. The summed E-state index contributed by atoms with van der Waals surface area (Å²) in [5.74, 6) is 0.640. The number of ether oxygens (including phenoxy) is 2. The lowest BCUT2D eigenvalue weighted by Crippen LogP contribution is -2.18. The number of hydrogen-bond donors (Lipinski definition) is 1. The molecule has 0 aromatic carbocycles. The van der Waals surface area contributed by atoms with Gasteiger partial charge in [0.25, 0.3) is 0 Å². The van der Waals surface area contributed by atoms with Gasteiger partial charge in [-0.1, -0.05) is 20.3 Å². The predicted molar refractivity (Wildman–Crippen MR) is 74.2 cm³/mol. The summed E-state index contributed by atoms with van der Waals surface area (Å²) in [4.78, 5) is 4.26. The van der Waals surface area contributed by atoms with Crippen molar-refractivity contribution < 1.29 is 9.47 Å². The molecule has 0 aliphatic carbocycles. The first-order valence-electron chi connectivity index (χ1n) is 6.64. The topological polar surface area (TPSA) is 43.4 Å². The number of nitrogens with zero attached hydrogens (tertiary/aromatic N) is 1. The van der Waals surface area contributed by atoms with Crippen molar-refractivity contribution in [3.63, 3.8) is 0 Å². The lowest BCUT2D eigenvalue weighted by atomic mass is 10.1. The third kappa shape index (κ3) is 5.36. The van der Waals surface area contributed by atoms with Gasteiger partial charge in [-0.2, -0.15) is 0 Å². The largest absolute Gasteiger partial charge is 0.475 e. The van der Waals surface area contributed by atoms with Crippen LogP contribution in [0, 0.1) is 0 Å². The Bertz CT molecular complexity index is 314. The molecule has 0 aliphatic heterocycles. The van der Waals surface area contributed by atoms with E-state index in [2.05, 4.69) is 24.1 Å². The summed E-state index contributed by atoms with van der Waals surface area (Å²) >= 11 is 0. The van der Waals surface area contributed by atoms with Gasteiger partial charge in [-0.3, -0.25) is 0 Å². The number of anilines is 1. The van der Waals surface area contributed by atoms with Crippen LogP contribution >= 0.6 is 0 Å². The zero-order chi connectivity index (χ0) is 13.2. The smallest absolute Gasteiger partial charge is 0.213 e. The van der Waals surface area contributed by atoms with Crippen molar-refractivity contribution in [1.82, 2.24) is 4.98 Å². The Morgan fingerprint density at radius 3 is 2.67 bits per heavy atom. The van der Waals surface area contributed by atoms with Gasteiger partial charge in [-0.15, -0.1) is 0 Å². The highest BCUT2D eigenvalue weighted by Gasteiger charge is 2.05.